The van der Waals surface area contributed by atoms with Crippen molar-refractivity contribution in [1.29, 1.82) is 0 Å². The molecule has 144 valence electrons. The Kier molecular flexibility index (Phi) is 5.44. The standard InChI is InChI=1S/C23H19N3O2S/c1-16-5-7-17(8-6-16)23(28)25-18-9-11-20(12-10-18)29-15-19-14-22(27)26-13-3-2-4-21(26)24-19/h2-14H,15H2,1H3,(H,25,28). The predicted octanol–water partition coefficient (Wildman–Crippen LogP) is 4.55. The summed E-state index contributed by atoms with van der Waals surface area (Å²) in [5.41, 5.74) is 3.78. The number of fused-ring (bicyclic) bond motifs is 1. The van der Waals surface area contributed by atoms with E-state index in [0.717, 1.165) is 21.8 Å². The number of hydrogen-bond acceptors (Lipinski definition) is 4. The van der Waals surface area contributed by atoms with E-state index in [-0.39, 0.29) is 11.5 Å². The fraction of sp³-hybridized carbons (Fsp3) is 0.0870. The van der Waals surface area contributed by atoms with Crippen molar-refractivity contribution in [3.8, 4) is 0 Å². The van der Waals surface area contributed by atoms with Crippen LogP contribution in [0, 0.1) is 6.92 Å². The van der Waals surface area contributed by atoms with E-state index in [0.29, 0.717) is 17.0 Å². The van der Waals surface area contributed by atoms with Crippen molar-refractivity contribution in [2.45, 2.75) is 17.6 Å². The molecule has 0 fully saturated rings. The highest BCUT2D eigenvalue weighted by atomic mass is 32.2. The van der Waals surface area contributed by atoms with Crippen molar-refractivity contribution >= 4 is 29.0 Å². The van der Waals surface area contributed by atoms with Gasteiger partial charge in [0.15, 0.2) is 0 Å². The van der Waals surface area contributed by atoms with Crippen LogP contribution in [-0.4, -0.2) is 15.3 Å². The van der Waals surface area contributed by atoms with Gasteiger partial charge in [-0.3, -0.25) is 14.0 Å². The largest absolute Gasteiger partial charge is 0.322 e. The molecule has 1 amide bonds. The molecule has 0 aliphatic rings. The minimum atomic E-state index is -0.133. The molecule has 5 nitrogen and oxygen atoms in total. The number of aromatic nitrogens is 2. The van der Waals surface area contributed by atoms with Crippen molar-refractivity contribution in [2.24, 2.45) is 0 Å². The molecule has 0 bridgehead atoms. The molecule has 0 unspecified atom stereocenters. The second-order valence-electron chi connectivity index (χ2n) is 6.65. The van der Waals surface area contributed by atoms with Gasteiger partial charge in [0.1, 0.15) is 5.65 Å². The molecule has 4 rings (SSSR count). The number of anilines is 1. The monoisotopic (exact) mass is 401 g/mol. The molecule has 2 heterocycles. The topological polar surface area (TPSA) is 63.5 Å². The molecule has 1 N–H and O–H groups in total. The zero-order valence-electron chi connectivity index (χ0n) is 15.8. The van der Waals surface area contributed by atoms with Crippen LogP contribution in [0.3, 0.4) is 0 Å². The zero-order chi connectivity index (χ0) is 20.2. The normalized spacial score (nSPS) is 10.8. The molecule has 29 heavy (non-hydrogen) atoms. The van der Waals surface area contributed by atoms with Crippen LogP contribution in [-0.2, 0) is 5.75 Å². The molecular weight excluding hydrogens is 382 g/mol. The maximum Gasteiger partial charge on any atom is 0.258 e. The van der Waals surface area contributed by atoms with Crippen LogP contribution in [0.1, 0.15) is 21.6 Å². The molecular formula is C23H19N3O2S. The highest BCUT2D eigenvalue weighted by Gasteiger charge is 2.06. The number of hydrogen-bond donors (Lipinski definition) is 1. The van der Waals surface area contributed by atoms with Gasteiger partial charge >= 0.3 is 0 Å². The smallest absolute Gasteiger partial charge is 0.258 e. The number of thioether (sulfide) groups is 1. The fourth-order valence-corrected chi connectivity index (χ4v) is 3.67. The summed E-state index contributed by atoms with van der Waals surface area (Å²) in [4.78, 5) is 30.0. The molecule has 0 atom stereocenters. The minimum Gasteiger partial charge on any atom is -0.322 e. The Morgan fingerprint density at radius 2 is 1.79 bits per heavy atom. The molecule has 0 aliphatic heterocycles. The Morgan fingerprint density at radius 3 is 2.55 bits per heavy atom. The third-order valence-corrected chi connectivity index (χ3v) is 5.48. The van der Waals surface area contributed by atoms with E-state index in [1.165, 1.54) is 4.40 Å². The van der Waals surface area contributed by atoms with E-state index in [4.69, 9.17) is 0 Å². The first kappa shape index (κ1) is 19.0. The van der Waals surface area contributed by atoms with Crippen molar-refractivity contribution in [2.75, 3.05) is 5.32 Å². The summed E-state index contributed by atoms with van der Waals surface area (Å²) in [5.74, 6) is 0.460. The summed E-state index contributed by atoms with van der Waals surface area (Å²) in [6, 6.07) is 22.2. The van der Waals surface area contributed by atoms with Crippen molar-refractivity contribution in [3.05, 3.63) is 106 Å². The van der Waals surface area contributed by atoms with Gasteiger partial charge in [-0.1, -0.05) is 23.8 Å². The third-order valence-electron chi connectivity index (χ3n) is 4.44. The van der Waals surface area contributed by atoms with Crippen LogP contribution < -0.4 is 10.9 Å². The van der Waals surface area contributed by atoms with Crippen LogP contribution >= 0.6 is 11.8 Å². The third kappa shape index (κ3) is 4.55. The Hall–Kier alpha value is -3.38. The quantitative estimate of drug-likeness (QED) is 0.499. The summed E-state index contributed by atoms with van der Waals surface area (Å²) in [7, 11) is 0. The number of benzene rings is 2. The number of pyridine rings is 1. The van der Waals surface area contributed by atoms with Gasteiger partial charge in [-0.2, -0.15) is 0 Å². The maximum atomic E-state index is 12.3. The van der Waals surface area contributed by atoms with Gasteiger partial charge in [0.25, 0.3) is 11.5 Å². The van der Waals surface area contributed by atoms with E-state index < -0.39 is 0 Å². The van der Waals surface area contributed by atoms with Crippen LogP contribution in [0.15, 0.2) is 88.7 Å². The van der Waals surface area contributed by atoms with E-state index in [9.17, 15) is 9.59 Å². The van der Waals surface area contributed by atoms with Crippen molar-refractivity contribution < 1.29 is 4.79 Å². The number of carbonyl (C=O) groups is 1. The maximum absolute atomic E-state index is 12.3. The highest BCUT2D eigenvalue weighted by molar-refractivity contribution is 7.98. The van der Waals surface area contributed by atoms with Crippen LogP contribution in [0.5, 0.6) is 0 Å². The van der Waals surface area contributed by atoms with Crippen LogP contribution in [0.25, 0.3) is 5.65 Å². The van der Waals surface area contributed by atoms with E-state index in [1.807, 2.05) is 73.7 Å². The lowest BCUT2D eigenvalue weighted by atomic mass is 10.1. The molecule has 2 aromatic heterocycles. The van der Waals surface area contributed by atoms with Gasteiger partial charge in [0, 0.05) is 34.2 Å². The first-order valence-electron chi connectivity index (χ1n) is 9.17. The Labute approximate surface area is 172 Å². The molecule has 0 spiro atoms. The SMILES string of the molecule is Cc1ccc(C(=O)Nc2ccc(SCc3cc(=O)n4ccccc4n3)cc2)cc1. The molecule has 0 saturated carbocycles. The lowest BCUT2D eigenvalue weighted by Gasteiger charge is -2.07. The first-order chi connectivity index (χ1) is 14.1. The van der Waals surface area contributed by atoms with E-state index >= 15 is 0 Å². The minimum absolute atomic E-state index is 0.0830. The fourth-order valence-electron chi connectivity index (χ4n) is 2.88. The Morgan fingerprint density at radius 1 is 1.03 bits per heavy atom. The summed E-state index contributed by atoms with van der Waals surface area (Å²) >= 11 is 1.59. The number of carbonyl (C=O) groups excluding carboxylic acids is 1. The Balaban J connectivity index is 1.40. The van der Waals surface area contributed by atoms with Gasteiger partial charge in [-0.15, -0.1) is 11.8 Å². The summed E-state index contributed by atoms with van der Waals surface area (Å²) in [6.45, 7) is 1.99. The molecule has 4 aromatic rings. The summed E-state index contributed by atoms with van der Waals surface area (Å²) in [5, 5.41) is 2.90. The van der Waals surface area contributed by atoms with Gasteiger partial charge in [-0.25, -0.2) is 4.98 Å². The Bertz CT molecular complexity index is 1220. The number of nitrogens with one attached hydrogen (secondary N) is 1. The average molecular weight is 401 g/mol. The highest BCUT2D eigenvalue weighted by Crippen LogP contribution is 2.23. The molecule has 0 aliphatic carbocycles. The van der Waals surface area contributed by atoms with Crippen molar-refractivity contribution in [1.82, 2.24) is 9.38 Å². The van der Waals surface area contributed by atoms with Gasteiger partial charge in [-0.05, 0) is 55.5 Å². The van der Waals surface area contributed by atoms with Crippen LogP contribution in [0.2, 0.25) is 0 Å². The lowest BCUT2D eigenvalue weighted by molar-refractivity contribution is 0.102. The van der Waals surface area contributed by atoms with Gasteiger partial charge in [0.2, 0.25) is 0 Å². The molecule has 0 radical (unpaired) electrons. The van der Waals surface area contributed by atoms with Crippen LogP contribution in [0.4, 0.5) is 5.69 Å². The number of rotatable bonds is 5. The van der Waals surface area contributed by atoms with Gasteiger partial charge in [0.05, 0.1) is 5.69 Å². The lowest BCUT2D eigenvalue weighted by Crippen LogP contribution is -2.14. The van der Waals surface area contributed by atoms with E-state index in [1.54, 1.807) is 24.0 Å². The number of amides is 1. The second kappa shape index (κ2) is 8.32. The summed E-state index contributed by atoms with van der Waals surface area (Å²) in [6.07, 6.45) is 1.71. The van der Waals surface area contributed by atoms with Crippen molar-refractivity contribution in [3.63, 3.8) is 0 Å². The molecule has 0 saturated heterocycles. The molecule has 6 heteroatoms. The number of nitrogens with zero attached hydrogens (tertiary/aromatic N) is 2. The average Bonchev–Trinajstić information content (AvgIpc) is 2.74. The number of aryl methyl sites for hydroxylation is 1. The first-order valence-corrected chi connectivity index (χ1v) is 10.2. The summed E-state index contributed by atoms with van der Waals surface area (Å²) < 4.78 is 1.53. The van der Waals surface area contributed by atoms with Gasteiger partial charge < -0.3 is 5.32 Å². The van der Waals surface area contributed by atoms with E-state index in [2.05, 4.69) is 10.3 Å². The molecule has 2 aromatic carbocycles. The zero-order valence-corrected chi connectivity index (χ0v) is 16.6. The predicted molar refractivity (Wildman–Crippen MR) is 117 cm³/mol. The second-order valence-corrected chi connectivity index (χ2v) is 7.70.